The fraction of sp³-hybridized carbons (Fsp3) is 0.562. The Morgan fingerprint density at radius 3 is 2.95 bits per heavy atom. The summed E-state index contributed by atoms with van der Waals surface area (Å²) in [5, 5.41) is 0. The van der Waals surface area contributed by atoms with E-state index in [9.17, 15) is 8.42 Å². The van der Waals surface area contributed by atoms with E-state index < -0.39 is 10.3 Å². The lowest BCUT2D eigenvalue weighted by atomic mass is 9.63. The molecule has 0 radical (unpaired) electrons. The Labute approximate surface area is 125 Å². The van der Waals surface area contributed by atoms with Gasteiger partial charge in [0.15, 0.2) is 5.75 Å². The third-order valence-corrected chi connectivity index (χ3v) is 6.71. The van der Waals surface area contributed by atoms with Gasteiger partial charge >= 0.3 is 10.3 Å². The van der Waals surface area contributed by atoms with Crippen LogP contribution in [0.3, 0.4) is 0 Å². The molecule has 5 heteroatoms. The number of nitrogens with zero attached hydrogens (tertiary/aromatic N) is 1. The molecule has 1 fully saturated rings. The van der Waals surface area contributed by atoms with E-state index in [1.165, 1.54) is 30.2 Å². The molecular weight excluding hydrogens is 286 g/mol. The Kier molecular flexibility index (Phi) is 2.60. The van der Waals surface area contributed by atoms with Gasteiger partial charge in [-0.05, 0) is 60.1 Å². The summed E-state index contributed by atoms with van der Waals surface area (Å²) in [6, 6.07) is 3.87. The fourth-order valence-electron chi connectivity index (χ4n) is 4.48. The van der Waals surface area contributed by atoms with Crippen molar-refractivity contribution in [2.45, 2.75) is 45.4 Å². The molecule has 0 unspecified atom stereocenters. The zero-order valence-corrected chi connectivity index (χ0v) is 13.1. The Hall–Kier alpha value is -1.36. The highest BCUT2D eigenvalue weighted by atomic mass is 32.2. The van der Waals surface area contributed by atoms with Gasteiger partial charge in [-0.15, -0.1) is 4.40 Å². The van der Waals surface area contributed by atoms with Gasteiger partial charge in [-0.3, -0.25) is 0 Å². The van der Waals surface area contributed by atoms with Crippen molar-refractivity contribution in [2.75, 3.05) is 0 Å². The minimum absolute atomic E-state index is 0.375. The van der Waals surface area contributed by atoms with Crippen molar-refractivity contribution < 1.29 is 12.6 Å². The average molecular weight is 305 g/mol. The molecule has 3 atom stereocenters. The molecule has 4 rings (SSSR count). The highest BCUT2D eigenvalue weighted by Crippen LogP contribution is 2.59. The molecule has 4 nitrogen and oxygen atoms in total. The van der Waals surface area contributed by atoms with Crippen LogP contribution in [-0.4, -0.2) is 14.6 Å². The molecule has 1 aromatic carbocycles. The van der Waals surface area contributed by atoms with E-state index >= 15 is 0 Å². The van der Waals surface area contributed by atoms with Crippen LogP contribution < -0.4 is 4.18 Å². The number of fused-ring (bicyclic) bond motifs is 5. The van der Waals surface area contributed by atoms with E-state index in [4.69, 9.17) is 4.18 Å². The molecule has 0 saturated heterocycles. The van der Waals surface area contributed by atoms with E-state index in [0.29, 0.717) is 17.1 Å². The SMILES string of the molecule is C[C@H]1CC[C@H]2c3ccc4c(c3CC[C@]12C)C=NS(=O)(=O)O4. The van der Waals surface area contributed by atoms with Crippen molar-refractivity contribution in [3.8, 4) is 5.75 Å². The summed E-state index contributed by atoms with van der Waals surface area (Å²) >= 11 is 0. The normalized spacial score (nSPS) is 35.5. The van der Waals surface area contributed by atoms with Crippen molar-refractivity contribution in [3.63, 3.8) is 0 Å². The Morgan fingerprint density at radius 2 is 2.14 bits per heavy atom. The zero-order chi connectivity index (χ0) is 14.8. The van der Waals surface area contributed by atoms with Gasteiger partial charge in [0.1, 0.15) is 0 Å². The summed E-state index contributed by atoms with van der Waals surface area (Å²) in [5.74, 6) is 1.75. The number of hydrogen-bond acceptors (Lipinski definition) is 3. The molecule has 0 bridgehead atoms. The van der Waals surface area contributed by atoms with Gasteiger partial charge in [-0.2, -0.15) is 8.42 Å². The molecular formula is C16H19NO3S. The predicted molar refractivity (Wildman–Crippen MR) is 81.2 cm³/mol. The van der Waals surface area contributed by atoms with E-state index in [-0.39, 0.29) is 0 Å². The van der Waals surface area contributed by atoms with Crippen LogP contribution in [0.4, 0.5) is 0 Å². The Morgan fingerprint density at radius 1 is 1.33 bits per heavy atom. The van der Waals surface area contributed by atoms with Crippen LogP contribution >= 0.6 is 0 Å². The minimum Gasteiger partial charge on any atom is -0.365 e. The minimum atomic E-state index is -3.79. The van der Waals surface area contributed by atoms with E-state index in [1.807, 2.05) is 0 Å². The first-order valence-corrected chi connectivity index (χ1v) is 8.93. The molecule has 1 aromatic rings. The summed E-state index contributed by atoms with van der Waals surface area (Å²) in [6.07, 6.45) is 6.10. The maximum absolute atomic E-state index is 11.4. The number of hydrogen-bond donors (Lipinski definition) is 0. The van der Waals surface area contributed by atoms with Crippen LogP contribution in [-0.2, 0) is 16.7 Å². The summed E-state index contributed by atoms with van der Waals surface area (Å²) < 4.78 is 31.4. The highest BCUT2D eigenvalue weighted by molar-refractivity contribution is 7.86. The molecule has 1 heterocycles. The van der Waals surface area contributed by atoms with E-state index in [2.05, 4.69) is 24.3 Å². The van der Waals surface area contributed by atoms with Gasteiger partial charge in [0.25, 0.3) is 0 Å². The molecule has 2 aliphatic carbocycles. The first-order valence-electron chi connectivity index (χ1n) is 7.56. The summed E-state index contributed by atoms with van der Waals surface area (Å²) in [4.78, 5) is 0. The van der Waals surface area contributed by atoms with Gasteiger partial charge in [-0.1, -0.05) is 19.9 Å². The van der Waals surface area contributed by atoms with E-state index in [1.54, 1.807) is 6.07 Å². The lowest BCUT2D eigenvalue weighted by molar-refractivity contribution is 0.185. The van der Waals surface area contributed by atoms with Crippen LogP contribution in [0.15, 0.2) is 16.5 Å². The summed E-state index contributed by atoms with van der Waals surface area (Å²) in [7, 11) is -3.79. The first kappa shape index (κ1) is 13.3. The molecule has 1 saturated carbocycles. The lowest BCUT2D eigenvalue weighted by Gasteiger charge is -2.41. The molecule has 0 N–H and O–H groups in total. The van der Waals surface area contributed by atoms with Gasteiger partial charge in [0.05, 0.1) is 6.21 Å². The predicted octanol–water partition coefficient (Wildman–Crippen LogP) is 3.21. The van der Waals surface area contributed by atoms with Crippen LogP contribution in [0.5, 0.6) is 5.75 Å². The maximum Gasteiger partial charge on any atom is 0.428 e. The molecule has 3 aliphatic rings. The monoisotopic (exact) mass is 305 g/mol. The van der Waals surface area contributed by atoms with Crippen molar-refractivity contribution >= 4 is 16.5 Å². The third-order valence-electron chi connectivity index (χ3n) is 5.96. The standard InChI is InChI=1S/C16H19NO3S/c1-10-3-5-14-12-4-6-15-13(9-17-21(18,19)20-15)11(12)7-8-16(10,14)2/h4,6,9-10,14H,3,5,7-8H2,1-2H3/t10-,14-,16+/m0/s1. The second kappa shape index (κ2) is 4.09. The molecule has 112 valence electrons. The summed E-state index contributed by atoms with van der Waals surface area (Å²) in [5.41, 5.74) is 3.85. The molecule has 21 heavy (non-hydrogen) atoms. The largest absolute Gasteiger partial charge is 0.428 e. The fourth-order valence-corrected chi connectivity index (χ4v) is 5.13. The van der Waals surface area contributed by atoms with Crippen molar-refractivity contribution in [1.82, 2.24) is 0 Å². The van der Waals surface area contributed by atoms with E-state index in [0.717, 1.165) is 24.3 Å². The molecule has 0 amide bonds. The highest BCUT2D eigenvalue weighted by Gasteiger charge is 2.48. The number of rotatable bonds is 0. The number of benzene rings is 1. The third kappa shape index (κ3) is 1.79. The van der Waals surface area contributed by atoms with Crippen LogP contribution in [0.2, 0.25) is 0 Å². The van der Waals surface area contributed by atoms with Gasteiger partial charge < -0.3 is 4.18 Å². The molecule has 1 aliphatic heterocycles. The summed E-state index contributed by atoms with van der Waals surface area (Å²) in [6.45, 7) is 4.77. The van der Waals surface area contributed by atoms with Gasteiger partial charge in [0.2, 0.25) is 0 Å². The zero-order valence-electron chi connectivity index (χ0n) is 12.3. The Balaban J connectivity index is 1.86. The van der Waals surface area contributed by atoms with Crippen LogP contribution in [0.25, 0.3) is 0 Å². The first-order chi connectivity index (χ1) is 9.91. The topological polar surface area (TPSA) is 55.7 Å². The van der Waals surface area contributed by atoms with Gasteiger partial charge in [-0.25, -0.2) is 0 Å². The van der Waals surface area contributed by atoms with Crippen LogP contribution in [0, 0.1) is 11.3 Å². The van der Waals surface area contributed by atoms with Crippen LogP contribution in [0.1, 0.15) is 55.7 Å². The molecule has 0 spiro atoms. The lowest BCUT2D eigenvalue weighted by Crippen LogP contribution is -2.32. The van der Waals surface area contributed by atoms with Gasteiger partial charge in [0, 0.05) is 5.56 Å². The second-order valence-electron chi connectivity index (χ2n) is 6.83. The molecule has 0 aromatic heterocycles. The van der Waals surface area contributed by atoms with Crippen molar-refractivity contribution in [3.05, 3.63) is 28.8 Å². The van der Waals surface area contributed by atoms with Crippen molar-refractivity contribution in [2.24, 2.45) is 15.7 Å². The Bertz CT molecular complexity index is 753. The van der Waals surface area contributed by atoms with Crippen molar-refractivity contribution in [1.29, 1.82) is 0 Å². The smallest absolute Gasteiger partial charge is 0.365 e. The quantitative estimate of drug-likeness (QED) is 0.739. The second-order valence-corrected chi connectivity index (χ2v) is 8.06. The maximum atomic E-state index is 11.4. The average Bonchev–Trinajstić information content (AvgIpc) is 2.73.